The number of hydrogen-bond donors (Lipinski definition) is 1. The number of carbonyl (C=O) groups is 1. The van der Waals surface area contributed by atoms with Crippen LogP contribution in [0.5, 0.6) is 0 Å². The SMILES string of the molecule is Cc1ccc(C(=O)[C@H](C)Sc2n[nH]c(-c3cccs3)n2)cc1C. The lowest BCUT2D eigenvalue weighted by Gasteiger charge is -2.09. The van der Waals surface area contributed by atoms with Gasteiger partial charge in [-0.1, -0.05) is 30.0 Å². The third-order valence-electron chi connectivity index (χ3n) is 3.66. The first-order valence-electron chi connectivity index (χ1n) is 7.29. The summed E-state index contributed by atoms with van der Waals surface area (Å²) in [6.07, 6.45) is 0. The first-order chi connectivity index (χ1) is 11.0. The van der Waals surface area contributed by atoms with Crippen LogP contribution in [-0.4, -0.2) is 26.2 Å². The van der Waals surface area contributed by atoms with E-state index in [-0.39, 0.29) is 11.0 Å². The van der Waals surface area contributed by atoms with Gasteiger partial charge in [0.2, 0.25) is 5.16 Å². The molecule has 0 aliphatic heterocycles. The van der Waals surface area contributed by atoms with Gasteiger partial charge in [-0.05, 0) is 49.4 Å². The van der Waals surface area contributed by atoms with Crippen molar-refractivity contribution in [1.29, 1.82) is 0 Å². The van der Waals surface area contributed by atoms with Gasteiger partial charge in [0, 0.05) is 5.56 Å². The largest absolute Gasteiger partial charge is 0.293 e. The van der Waals surface area contributed by atoms with Crippen molar-refractivity contribution in [2.45, 2.75) is 31.2 Å². The molecule has 4 nitrogen and oxygen atoms in total. The second kappa shape index (κ2) is 6.68. The summed E-state index contributed by atoms with van der Waals surface area (Å²) in [6, 6.07) is 9.78. The van der Waals surface area contributed by atoms with Gasteiger partial charge in [0.25, 0.3) is 0 Å². The minimum Gasteiger partial charge on any atom is -0.293 e. The number of aromatic amines is 1. The van der Waals surface area contributed by atoms with Crippen LogP contribution < -0.4 is 0 Å². The number of ketones is 1. The van der Waals surface area contributed by atoms with Crippen molar-refractivity contribution in [1.82, 2.24) is 15.2 Å². The number of H-pyrrole nitrogens is 1. The third-order valence-corrected chi connectivity index (χ3v) is 5.50. The molecule has 0 unspecified atom stereocenters. The highest BCUT2D eigenvalue weighted by atomic mass is 32.2. The minimum atomic E-state index is -0.232. The number of benzene rings is 1. The number of Topliss-reactive ketones (excluding diaryl/α,β-unsaturated/α-hetero) is 1. The second-order valence-corrected chi connectivity index (χ2v) is 7.62. The third kappa shape index (κ3) is 3.54. The highest BCUT2D eigenvalue weighted by molar-refractivity contribution is 8.00. The van der Waals surface area contributed by atoms with E-state index in [2.05, 4.69) is 15.2 Å². The van der Waals surface area contributed by atoms with Gasteiger partial charge in [0.05, 0.1) is 10.1 Å². The van der Waals surface area contributed by atoms with Crippen LogP contribution in [0.15, 0.2) is 40.9 Å². The average Bonchev–Trinajstić information content (AvgIpc) is 3.20. The summed E-state index contributed by atoms with van der Waals surface area (Å²) < 4.78 is 0. The van der Waals surface area contributed by atoms with E-state index in [4.69, 9.17) is 0 Å². The van der Waals surface area contributed by atoms with E-state index in [1.807, 2.05) is 56.5 Å². The van der Waals surface area contributed by atoms with Crippen molar-refractivity contribution in [3.05, 3.63) is 52.4 Å². The summed E-state index contributed by atoms with van der Waals surface area (Å²) in [5.74, 6) is 0.842. The van der Waals surface area contributed by atoms with Gasteiger partial charge in [-0.2, -0.15) is 0 Å². The van der Waals surface area contributed by atoms with E-state index in [9.17, 15) is 4.79 Å². The van der Waals surface area contributed by atoms with Crippen LogP contribution in [0.2, 0.25) is 0 Å². The molecule has 1 N–H and O–H groups in total. The predicted molar refractivity (Wildman–Crippen MR) is 95.3 cm³/mol. The van der Waals surface area contributed by atoms with Crippen LogP contribution in [0.1, 0.15) is 28.4 Å². The van der Waals surface area contributed by atoms with E-state index >= 15 is 0 Å². The lowest BCUT2D eigenvalue weighted by atomic mass is 10.0. The second-order valence-electron chi connectivity index (χ2n) is 5.37. The Morgan fingerprint density at radius 1 is 1.26 bits per heavy atom. The van der Waals surface area contributed by atoms with Crippen molar-refractivity contribution in [3.8, 4) is 10.7 Å². The fraction of sp³-hybridized carbons (Fsp3) is 0.235. The molecule has 2 aromatic heterocycles. The monoisotopic (exact) mass is 343 g/mol. The molecule has 1 aromatic carbocycles. The normalized spacial score (nSPS) is 12.3. The number of rotatable bonds is 5. The quantitative estimate of drug-likeness (QED) is 0.547. The maximum atomic E-state index is 12.6. The van der Waals surface area contributed by atoms with Crippen LogP contribution in [0.25, 0.3) is 10.7 Å². The first-order valence-corrected chi connectivity index (χ1v) is 9.05. The summed E-state index contributed by atoms with van der Waals surface area (Å²) in [7, 11) is 0. The molecular weight excluding hydrogens is 326 g/mol. The maximum Gasteiger partial charge on any atom is 0.209 e. The van der Waals surface area contributed by atoms with Gasteiger partial charge >= 0.3 is 0 Å². The Balaban J connectivity index is 1.72. The molecule has 0 aliphatic rings. The van der Waals surface area contributed by atoms with Crippen LogP contribution >= 0.6 is 23.1 Å². The number of thioether (sulfide) groups is 1. The molecule has 0 fully saturated rings. The smallest absolute Gasteiger partial charge is 0.209 e. The van der Waals surface area contributed by atoms with Crippen LogP contribution in [-0.2, 0) is 0 Å². The van der Waals surface area contributed by atoms with Crippen molar-refractivity contribution >= 4 is 28.9 Å². The average molecular weight is 343 g/mol. The molecule has 6 heteroatoms. The number of hydrogen-bond acceptors (Lipinski definition) is 5. The molecule has 1 atom stereocenters. The fourth-order valence-corrected chi connectivity index (χ4v) is 3.63. The van der Waals surface area contributed by atoms with Crippen LogP contribution in [0.3, 0.4) is 0 Å². The zero-order chi connectivity index (χ0) is 16.4. The summed E-state index contributed by atoms with van der Waals surface area (Å²) in [5.41, 5.74) is 3.06. The van der Waals surface area contributed by atoms with Gasteiger partial charge in [-0.15, -0.1) is 16.4 Å². The van der Waals surface area contributed by atoms with Crippen molar-refractivity contribution in [3.63, 3.8) is 0 Å². The zero-order valence-corrected chi connectivity index (χ0v) is 14.8. The Hall–Kier alpha value is -1.92. The van der Waals surface area contributed by atoms with Gasteiger partial charge < -0.3 is 0 Å². The number of thiophene rings is 1. The highest BCUT2D eigenvalue weighted by Gasteiger charge is 2.19. The Labute approximate surface area is 143 Å². The van der Waals surface area contributed by atoms with E-state index in [1.165, 1.54) is 17.3 Å². The van der Waals surface area contributed by atoms with Crippen LogP contribution in [0, 0.1) is 13.8 Å². The Morgan fingerprint density at radius 3 is 2.78 bits per heavy atom. The van der Waals surface area contributed by atoms with E-state index < -0.39 is 0 Å². The topological polar surface area (TPSA) is 58.6 Å². The molecule has 3 rings (SSSR count). The molecule has 0 aliphatic carbocycles. The Morgan fingerprint density at radius 2 is 2.09 bits per heavy atom. The Bertz CT molecular complexity index is 824. The maximum absolute atomic E-state index is 12.6. The van der Waals surface area contributed by atoms with E-state index in [0.29, 0.717) is 5.16 Å². The zero-order valence-electron chi connectivity index (χ0n) is 13.2. The molecule has 2 heterocycles. The van der Waals surface area contributed by atoms with Crippen molar-refractivity contribution in [2.24, 2.45) is 0 Å². The van der Waals surface area contributed by atoms with Gasteiger partial charge in [0.15, 0.2) is 11.6 Å². The fourth-order valence-electron chi connectivity index (χ4n) is 2.16. The Kier molecular flexibility index (Phi) is 4.63. The number of nitrogens with one attached hydrogen (secondary N) is 1. The van der Waals surface area contributed by atoms with E-state index in [0.717, 1.165) is 21.8 Å². The summed E-state index contributed by atoms with van der Waals surface area (Å²) >= 11 is 2.98. The number of nitrogens with zero attached hydrogens (tertiary/aromatic N) is 2. The number of aryl methyl sites for hydroxylation is 2. The van der Waals surface area contributed by atoms with E-state index in [1.54, 1.807) is 11.3 Å². The minimum absolute atomic E-state index is 0.0978. The summed E-state index contributed by atoms with van der Waals surface area (Å²) in [6.45, 7) is 5.96. The number of aromatic nitrogens is 3. The first kappa shape index (κ1) is 16.0. The molecule has 0 saturated heterocycles. The molecule has 23 heavy (non-hydrogen) atoms. The van der Waals surface area contributed by atoms with Crippen LogP contribution in [0.4, 0.5) is 0 Å². The lowest BCUT2D eigenvalue weighted by Crippen LogP contribution is -2.14. The molecule has 0 saturated carbocycles. The standard InChI is InChI=1S/C17H17N3OS2/c1-10-6-7-13(9-11(10)2)15(21)12(3)23-17-18-16(19-20-17)14-5-4-8-22-14/h4-9,12H,1-3H3,(H,18,19,20)/t12-/m0/s1. The number of carbonyl (C=O) groups excluding carboxylic acids is 1. The molecule has 0 radical (unpaired) electrons. The molecule has 0 bridgehead atoms. The lowest BCUT2D eigenvalue weighted by molar-refractivity contribution is 0.0994. The molecular formula is C17H17N3OS2. The summed E-state index contributed by atoms with van der Waals surface area (Å²) in [5, 5.41) is 9.49. The van der Waals surface area contributed by atoms with Gasteiger partial charge in [-0.25, -0.2) is 4.98 Å². The van der Waals surface area contributed by atoms with Crippen molar-refractivity contribution in [2.75, 3.05) is 0 Å². The van der Waals surface area contributed by atoms with Crippen molar-refractivity contribution < 1.29 is 4.79 Å². The van der Waals surface area contributed by atoms with Gasteiger partial charge in [0.1, 0.15) is 0 Å². The molecule has 0 amide bonds. The predicted octanol–water partition coefficient (Wildman–Crippen LogP) is 4.51. The molecule has 118 valence electrons. The summed E-state index contributed by atoms with van der Waals surface area (Å²) in [4.78, 5) is 18.1. The molecule has 3 aromatic rings. The van der Waals surface area contributed by atoms with Gasteiger partial charge in [-0.3, -0.25) is 9.89 Å². The molecule has 0 spiro atoms. The highest BCUT2D eigenvalue weighted by Crippen LogP contribution is 2.27.